The molecule has 3 rings (SSSR count). The zero-order chi connectivity index (χ0) is 15.0. The number of methoxy groups -OCH3 is 1. The van der Waals surface area contributed by atoms with Crippen molar-refractivity contribution in [2.24, 2.45) is 0 Å². The largest absolute Gasteiger partial charge is 0.496 e. The summed E-state index contributed by atoms with van der Waals surface area (Å²) in [5, 5.41) is 10.7. The van der Waals surface area contributed by atoms with E-state index in [-0.39, 0.29) is 6.10 Å². The van der Waals surface area contributed by atoms with Gasteiger partial charge in [-0.05, 0) is 36.2 Å². The number of aliphatic hydroxyl groups is 1. The van der Waals surface area contributed by atoms with Gasteiger partial charge >= 0.3 is 0 Å². The SMILES string of the molecule is COc1cc(C)c(Br)cc1C(O)C1Cc2ccccc2O1. The molecule has 0 fully saturated rings. The van der Waals surface area contributed by atoms with Crippen molar-refractivity contribution in [2.75, 3.05) is 7.11 Å². The Bertz CT molecular complexity index is 644. The summed E-state index contributed by atoms with van der Waals surface area (Å²) in [7, 11) is 1.61. The molecule has 1 N–H and O–H groups in total. The third-order valence-electron chi connectivity index (χ3n) is 3.85. The predicted molar refractivity (Wildman–Crippen MR) is 85.0 cm³/mol. The molecule has 110 valence electrons. The van der Waals surface area contributed by atoms with Crippen LogP contribution in [0, 0.1) is 6.92 Å². The zero-order valence-electron chi connectivity index (χ0n) is 12.0. The van der Waals surface area contributed by atoms with Crippen LogP contribution in [0.15, 0.2) is 40.9 Å². The third-order valence-corrected chi connectivity index (χ3v) is 4.71. The van der Waals surface area contributed by atoms with E-state index in [4.69, 9.17) is 9.47 Å². The van der Waals surface area contributed by atoms with Crippen LogP contribution >= 0.6 is 15.9 Å². The molecule has 0 bridgehead atoms. The molecule has 1 aliphatic heterocycles. The van der Waals surface area contributed by atoms with E-state index in [1.165, 1.54) is 0 Å². The fourth-order valence-corrected chi connectivity index (χ4v) is 3.02. The molecule has 0 radical (unpaired) electrons. The summed E-state index contributed by atoms with van der Waals surface area (Å²) >= 11 is 3.51. The molecule has 0 aromatic heterocycles. The number of benzene rings is 2. The molecule has 1 aliphatic rings. The van der Waals surface area contributed by atoms with E-state index in [1.54, 1.807) is 7.11 Å². The first-order valence-electron chi connectivity index (χ1n) is 6.87. The van der Waals surface area contributed by atoms with E-state index < -0.39 is 6.10 Å². The maximum atomic E-state index is 10.7. The molecule has 3 nitrogen and oxygen atoms in total. The summed E-state index contributed by atoms with van der Waals surface area (Å²) in [4.78, 5) is 0. The Balaban J connectivity index is 1.90. The van der Waals surface area contributed by atoms with Crippen LogP contribution in [0.5, 0.6) is 11.5 Å². The van der Waals surface area contributed by atoms with Gasteiger partial charge in [0.2, 0.25) is 0 Å². The molecule has 21 heavy (non-hydrogen) atoms. The smallest absolute Gasteiger partial charge is 0.133 e. The monoisotopic (exact) mass is 348 g/mol. The highest BCUT2D eigenvalue weighted by Gasteiger charge is 2.31. The van der Waals surface area contributed by atoms with Gasteiger partial charge in [0.25, 0.3) is 0 Å². The van der Waals surface area contributed by atoms with Gasteiger partial charge in [-0.3, -0.25) is 0 Å². The summed E-state index contributed by atoms with van der Waals surface area (Å²) in [5.74, 6) is 1.54. The maximum Gasteiger partial charge on any atom is 0.133 e. The average Bonchev–Trinajstić information content (AvgIpc) is 2.92. The fraction of sp³-hybridized carbons (Fsp3) is 0.294. The second kappa shape index (κ2) is 5.70. The van der Waals surface area contributed by atoms with Crippen molar-refractivity contribution in [1.29, 1.82) is 0 Å². The molecule has 0 aliphatic carbocycles. The second-order valence-electron chi connectivity index (χ2n) is 5.26. The molecule has 0 amide bonds. The Hall–Kier alpha value is -1.52. The number of aryl methyl sites for hydroxylation is 1. The van der Waals surface area contributed by atoms with Gasteiger partial charge < -0.3 is 14.6 Å². The number of ether oxygens (including phenoxy) is 2. The zero-order valence-corrected chi connectivity index (χ0v) is 13.6. The lowest BCUT2D eigenvalue weighted by atomic mass is 9.98. The van der Waals surface area contributed by atoms with Crippen LogP contribution in [0.25, 0.3) is 0 Å². The van der Waals surface area contributed by atoms with Crippen molar-refractivity contribution in [2.45, 2.75) is 25.6 Å². The number of hydrogen-bond acceptors (Lipinski definition) is 3. The lowest BCUT2D eigenvalue weighted by molar-refractivity contribution is 0.0474. The molecular weight excluding hydrogens is 332 g/mol. The average molecular weight is 349 g/mol. The van der Waals surface area contributed by atoms with Gasteiger partial charge in [-0.1, -0.05) is 34.1 Å². The summed E-state index contributed by atoms with van der Waals surface area (Å²) in [6.45, 7) is 1.99. The highest BCUT2D eigenvalue weighted by Crippen LogP contribution is 2.38. The molecular formula is C17H17BrO3. The van der Waals surface area contributed by atoms with Crippen LogP contribution in [-0.4, -0.2) is 18.3 Å². The third kappa shape index (κ3) is 2.65. The van der Waals surface area contributed by atoms with Gasteiger partial charge in [0.05, 0.1) is 7.11 Å². The van der Waals surface area contributed by atoms with E-state index in [1.807, 2.05) is 43.3 Å². The second-order valence-corrected chi connectivity index (χ2v) is 6.11. The van der Waals surface area contributed by atoms with Crippen molar-refractivity contribution in [3.63, 3.8) is 0 Å². The molecule has 2 atom stereocenters. The highest BCUT2D eigenvalue weighted by atomic mass is 79.9. The number of fused-ring (bicyclic) bond motifs is 1. The summed E-state index contributed by atoms with van der Waals surface area (Å²) in [5.41, 5.74) is 2.94. The van der Waals surface area contributed by atoms with Crippen LogP contribution in [0.1, 0.15) is 22.8 Å². The number of aliphatic hydroxyl groups excluding tert-OH is 1. The standard InChI is InChI=1S/C17H17BrO3/c1-10-7-15(20-2)12(9-13(10)18)17(19)16-8-11-5-3-4-6-14(11)21-16/h3-7,9,16-17,19H,8H2,1-2H3. The van der Waals surface area contributed by atoms with E-state index in [0.29, 0.717) is 12.2 Å². The quantitative estimate of drug-likeness (QED) is 0.916. The molecule has 4 heteroatoms. The van der Waals surface area contributed by atoms with Gasteiger partial charge in [0.15, 0.2) is 0 Å². The Kier molecular flexibility index (Phi) is 3.91. The van der Waals surface area contributed by atoms with Gasteiger partial charge in [-0.25, -0.2) is 0 Å². The van der Waals surface area contributed by atoms with E-state index >= 15 is 0 Å². The molecule has 0 saturated carbocycles. The molecule has 2 aromatic carbocycles. The van der Waals surface area contributed by atoms with Crippen molar-refractivity contribution in [1.82, 2.24) is 0 Å². The number of hydrogen-bond donors (Lipinski definition) is 1. The normalized spacial score (nSPS) is 18.0. The Labute approximate surface area is 132 Å². The number of halogens is 1. The summed E-state index contributed by atoms with van der Waals surface area (Å²) in [6.07, 6.45) is -0.318. The summed E-state index contributed by atoms with van der Waals surface area (Å²) < 4.78 is 12.2. The van der Waals surface area contributed by atoms with Crippen molar-refractivity contribution in [3.05, 3.63) is 57.6 Å². The highest BCUT2D eigenvalue weighted by molar-refractivity contribution is 9.10. The van der Waals surface area contributed by atoms with Crippen LogP contribution < -0.4 is 9.47 Å². The topological polar surface area (TPSA) is 38.7 Å². The maximum absolute atomic E-state index is 10.7. The van der Waals surface area contributed by atoms with E-state index in [9.17, 15) is 5.11 Å². The Morgan fingerprint density at radius 3 is 2.81 bits per heavy atom. The van der Waals surface area contributed by atoms with Crippen LogP contribution in [0.4, 0.5) is 0 Å². The lowest BCUT2D eigenvalue weighted by Crippen LogP contribution is -2.23. The fourth-order valence-electron chi connectivity index (χ4n) is 2.66. The molecule has 0 saturated heterocycles. The van der Waals surface area contributed by atoms with Crippen molar-refractivity contribution < 1.29 is 14.6 Å². The van der Waals surface area contributed by atoms with Gasteiger partial charge in [0.1, 0.15) is 23.7 Å². The predicted octanol–water partition coefficient (Wildman–Crippen LogP) is 3.80. The Morgan fingerprint density at radius 1 is 1.33 bits per heavy atom. The van der Waals surface area contributed by atoms with Crippen molar-refractivity contribution in [3.8, 4) is 11.5 Å². The number of rotatable bonds is 3. The minimum Gasteiger partial charge on any atom is -0.496 e. The van der Waals surface area contributed by atoms with Gasteiger partial charge in [0, 0.05) is 16.5 Å². The van der Waals surface area contributed by atoms with Gasteiger partial charge in [-0.2, -0.15) is 0 Å². The first kappa shape index (κ1) is 14.4. The minimum absolute atomic E-state index is 0.286. The van der Waals surface area contributed by atoms with Crippen LogP contribution in [-0.2, 0) is 6.42 Å². The first-order chi connectivity index (χ1) is 10.1. The number of para-hydroxylation sites is 1. The van der Waals surface area contributed by atoms with E-state index in [0.717, 1.165) is 26.9 Å². The van der Waals surface area contributed by atoms with Crippen LogP contribution in [0.2, 0.25) is 0 Å². The molecule has 0 spiro atoms. The first-order valence-corrected chi connectivity index (χ1v) is 7.66. The van der Waals surface area contributed by atoms with Crippen LogP contribution in [0.3, 0.4) is 0 Å². The summed E-state index contributed by atoms with van der Waals surface area (Å²) in [6, 6.07) is 11.7. The molecule has 1 heterocycles. The minimum atomic E-state index is -0.732. The Morgan fingerprint density at radius 2 is 2.10 bits per heavy atom. The molecule has 2 unspecified atom stereocenters. The van der Waals surface area contributed by atoms with Crippen molar-refractivity contribution >= 4 is 15.9 Å². The lowest BCUT2D eigenvalue weighted by Gasteiger charge is -2.21. The van der Waals surface area contributed by atoms with E-state index in [2.05, 4.69) is 15.9 Å². The van der Waals surface area contributed by atoms with Gasteiger partial charge in [-0.15, -0.1) is 0 Å². The molecule has 2 aromatic rings.